The summed E-state index contributed by atoms with van der Waals surface area (Å²) in [5, 5.41) is 50.7. The van der Waals surface area contributed by atoms with E-state index < -0.39 is 116 Å². The predicted molar refractivity (Wildman–Crippen MR) is 217 cm³/mol. The van der Waals surface area contributed by atoms with Gasteiger partial charge in [-0.2, -0.15) is 0 Å². The highest BCUT2D eigenvalue weighted by atomic mass is 16.5. The molecule has 6 amide bonds. The van der Waals surface area contributed by atoms with Crippen LogP contribution in [0.25, 0.3) is 0 Å². The number of fused-ring (bicyclic) bond motifs is 1. The van der Waals surface area contributed by atoms with Gasteiger partial charge in [-0.05, 0) is 52.1 Å². The monoisotopic (exact) mass is 896 g/mol. The third kappa shape index (κ3) is 17.6. The summed E-state index contributed by atoms with van der Waals surface area (Å²) in [6.45, 7) is 0.218. The zero-order chi connectivity index (χ0) is 46.6. The summed E-state index contributed by atoms with van der Waals surface area (Å²) >= 11 is 0. The van der Waals surface area contributed by atoms with Gasteiger partial charge in [0.2, 0.25) is 35.4 Å². The molecular weight excluding hydrogens is 836 g/mol. The number of carbonyl (C=O) groups excluding carboxylic acids is 7. The van der Waals surface area contributed by atoms with Crippen LogP contribution in [0.1, 0.15) is 51.4 Å². The SMILES string of the molecule is CN(CCN(CCCC(=O)NC[C@@H]1C[C@@H]2CC[C@H]3C(=O)N[C@@H](CCCNC(=N)N)C(=O)NCC(=O)N[C@@H](CC(=O)O)C(=O)N[C@H]1C(=O)N23)CCN(CC(=O)O)CC(=O)O)COC=O. The highest BCUT2D eigenvalue weighted by molar-refractivity contribution is 5.98. The fourth-order valence-corrected chi connectivity index (χ4v) is 7.72. The van der Waals surface area contributed by atoms with E-state index in [2.05, 4.69) is 31.9 Å². The third-order valence-corrected chi connectivity index (χ3v) is 10.8. The van der Waals surface area contributed by atoms with Gasteiger partial charge in [-0.1, -0.05) is 0 Å². The van der Waals surface area contributed by atoms with E-state index in [1.165, 1.54) is 9.80 Å². The molecule has 0 aromatic rings. The van der Waals surface area contributed by atoms with E-state index in [-0.39, 0.29) is 71.0 Å². The number of nitrogens with one attached hydrogen (secondary N) is 7. The third-order valence-electron chi connectivity index (χ3n) is 10.8. The Morgan fingerprint density at radius 2 is 1.54 bits per heavy atom. The van der Waals surface area contributed by atoms with Gasteiger partial charge >= 0.3 is 17.9 Å². The Morgan fingerprint density at radius 3 is 2.19 bits per heavy atom. The van der Waals surface area contributed by atoms with E-state index >= 15 is 0 Å². The molecule has 3 aliphatic heterocycles. The second kappa shape index (κ2) is 25.7. The average Bonchev–Trinajstić information content (AvgIpc) is 3.64. The summed E-state index contributed by atoms with van der Waals surface area (Å²) in [5.41, 5.74) is 5.34. The minimum atomic E-state index is -1.67. The number of hydrogen-bond acceptors (Lipinski definition) is 15. The normalized spacial score (nSPS) is 22.9. The number of carbonyl (C=O) groups is 10. The summed E-state index contributed by atoms with van der Waals surface area (Å²) in [5.74, 6) is -9.27. The maximum absolute atomic E-state index is 14.3. The number of hydrogen-bond donors (Lipinski definition) is 11. The fraction of sp³-hybridized carbons (Fsp3) is 0.703. The minimum Gasteiger partial charge on any atom is -0.481 e. The lowest BCUT2D eigenvalue weighted by atomic mass is 9.85. The molecule has 3 heterocycles. The van der Waals surface area contributed by atoms with Crippen LogP contribution < -0.4 is 37.6 Å². The Kier molecular flexibility index (Phi) is 20.9. The van der Waals surface area contributed by atoms with Crippen molar-refractivity contribution in [3.8, 4) is 0 Å². The zero-order valence-corrected chi connectivity index (χ0v) is 35.2. The highest BCUT2D eigenvalue weighted by Gasteiger charge is 2.51. The molecule has 2 bridgehead atoms. The average molecular weight is 897 g/mol. The van der Waals surface area contributed by atoms with Crippen LogP contribution in [-0.2, 0) is 52.7 Å². The highest BCUT2D eigenvalue weighted by Crippen LogP contribution is 2.35. The van der Waals surface area contributed by atoms with Crippen molar-refractivity contribution in [1.29, 1.82) is 5.41 Å². The van der Waals surface area contributed by atoms with Crippen molar-refractivity contribution in [2.75, 3.05) is 79.2 Å². The van der Waals surface area contributed by atoms with Crippen molar-refractivity contribution in [1.82, 2.24) is 51.5 Å². The summed E-state index contributed by atoms with van der Waals surface area (Å²) in [7, 11) is 1.71. The largest absolute Gasteiger partial charge is 0.481 e. The van der Waals surface area contributed by atoms with Crippen molar-refractivity contribution in [2.45, 2.75) is 81.6 Å². The van der Waals surface area contributed by atoms with Gasteiger partial charge < -0.3 is 67.5 Å². The second-order valence-electron chi connectivity index (χ2n) is 15.7. The number of nitrogens with two attached hydrogens (primary N) is 1. The molecule has 0 aromatic carbocycles. The Labute approximate surface area is 362 Å². The second-order valence-corrected chi connectivity index (χ2v) is 15.7. The standard InChI is InChI=1S/C37H60N12O14/c1-46(20-63-21-50)10-11-47(12-13-48(18-30(55)56)19-31(57)58)9-3-5-27(51)41-16-22-14-23-6-7-26-35(61)44-24(4-2-8-40-37(38)39)33(59)42-17-28(52)43-25(15-29(53)54)34(60)45-32(22)36(62)49(23)26/h21-26,32H,2-20H2,1H3,(H,41,51)(H,42,59)(H,43,52)(H,44,61)(H,45,60)(H,53,54)(H,55,56)(H,57,58)(H4,38,39,40)/t22-,23-,24-,25-,26-,32+/m0/s1. The van der Waals surface area contributed by atoms with Crippen LogP contribution in [0, 0.1) is 11.3 Å². The molecule has 3 aliphatic rings. The number of piperidine rings is 1. The van der Waals surface area contributed by atoms with Gasteiger partial charge in [0, 0.05) is 57.6 Å². The van der Waals surface area contributed by atoms with Gasteiger partial charge in [0.1, 0.15) is 30.9 Å². The maximum Gasteiger partial charge on any atom is 0.317 e. The molecule has 12 N–H and O–H groups in total. The van der Waals surface area contributed by atoms with E-state index in [4.69, 9.17) is 15.9 Å². The molecule has 3 fully saturated rings. The molecule has 26 nitrogen and oxygen atoms in total. The molecule has 0 radical (unpaired) electrons. The topological polar surface area (TPSA) is 376 Å². The summed E-state index contributed by atoms with van der Waals surface area (Å²) < 4.78 is 4.77. The Bertz CT molecular complexity index is 1670. The molecule has 63 heavy (non-hydrogen) atoms. The first-order valence-corrected chi connectivity index (χ1v) is 20.6. The molecule has 3 rings (SSSR count). The Hall–Kier alpha value is -6.15. The van der Waals surface area contributed by atoms with Gasteiger partial charge in [0.25, 0.3) is 6.47 Å². The number of carboxylic acid groups (broad SMARTS) is 3. The van der Waals surface area contributed by atoms with Crippen molar-refractivity contribution in [2.24, 2.45) is 11.7 Å². The van der Waals surface area contributed by atoms with E-state index in [0.717, 1.165) is 0 Å². The van der Waals surface area contributed by atoms with E-state index in [9.17, 15) is 63.3 Å². The molecule has 0 aliphatic carbocycles. The van der Waals surface area contributed by atoms with Crippen molar-refractivity contribution >= 4 is 65.8 Å². The van der Waals surface area contributed by atoms with Crippen molar-refractivity contribution in [3.63, 3.8) is 0 Å². The smallest absolute Gasteiger partial charge is 0.317 e. The van der Waals surface area contributed by atoms with E-state index in [1.54, 1.807) is 11.9 Å². The maximum atomic E-state index is 14.3. The van der Waals surface area contributed by atoms with Crippen LogP contribution in [0.3, 0.4) is 0 Å². The van der Waals surface area contributed by atoms with Gasteiger partial charge in [-0.15, -0.1) is 0 Å². The molecule has 0 unspecified atom stereocenters. The molecule has 26 heteroatoms. The molecule has 0 saturated carbocycles. The Morgan fingerprint density at radius 1 is 0.857 bits per heavy atom. The molecule has 3 saturated heterocycles. The molecule has 0 aromatic heterocycles. The molecule has 352 valence electrons. The first-order valence-electron chi connectivity index (χ1n) is 20.6. The molecule has 0 spiro atoms. The number of nitrogens with zero attached hydrogens (tertiary/aromatic N) is 4. The number of rotatable bonds is 25. The predicted octanol–water partition coefficient (Wildman–Crippen LogP) is -5.58. The lowest BCUT2D eigenvalue weighted by Gasteiger charge is -2.42. The van der Waals surface area contributed by atoms with Crippen molar-refractivity contribution < 1.29 is 68.0 Å². The van der Waals surface area contributed by atoms with E-state index in [1.807, 2.05) is 4.90 Å². The van der Waals surface area contributed by atoms with Crippen LogP contribution in [-0.4, -0.2) is 210 Å². The summed E-state index contributed by atoms with van der Waals surface area (Å²) in [6, 6.07) is -5.73. The Balaban J connectivity index is 1.76. The van der Waals surface area contributed by atoms with E-state index in [0.29, 0.717) is 38.9 Å². The molecule has 6 atom stereocenters. The number of aliphatic carboxylic acids is 3. The number of ether oxygens (including phenoxy) is 1. The van der Waals surface area contributed by atoms with Crippen LogP contribution >= 0.6 is 0 Å². The van der Waals surface area contributed by atoms with Gasteiger partial charge in [0.05, 0.1) is 26.1 Å². The van der Waals surface area contributed by atoms with Gasteiger partial charge in [0.15, 0.2) is 5.96 Å². The van der Waals surface area contributed by atoms with Crippen LogP contribution in [0.4, 0.5) is 0 Å². The zero-order valence-electron chi connectivity index (χ0n) is 35.2. The first-order chi connectivity index (χ1) is 29.9. The quantitative estimate of drug-likeness (QED) is 0.0134. The fourth-order valence-electron chi connectivity index (χ4n) is 7.72. The minimum absolute atomic E-state index is 0.00446. The van der Waals surface area contributed by atoms with Crippen LogP contribution in [0.5, 0.6) is 0 Å². The number of guanidine groups is 1. The van der Waals surface area contributed by atoms with Crippen molar-refractivity contribution in [3.05, 3.63) is 0 Å². The lowest BCUT2D eigenvalue weighted by molar-refractivity contribution is -0.149. The van der Waals surface area contributed by atoms with Crippen LogP contribution in [0.2, 0.25) is 0 Å². The first kappa shape index (κ1) is 51.2. The van der Waals surface area contributed by atoms with Gasteiger partial charge in [-0.3, -0.25) is 63.2 Å². The van der Waals surface area contributed by atoms with Crippen LogP contribution in [0.15, 0.2) is 0 Å². The number of carboxylic acids is 3. The lowest BCUT2D eigenvalue weighted by Crippen LogP contribution is -2.65. The number of likely N-dealkylation sites (N-methyl/N-ethyl adjacent to an activating group) is 1. The molecular formula is C37H60N12O14. The number of amides is 6. The summed E-state index contributed by atoms with van der Waals surface area (Å²) in [4.78, 5) is 132. The van der Waals surface area contributed by atoms with Gasteiger partial charge in [-0.25, -0.2) is 0 Å². The summed E-state index contributed by atoms with van der Waals surface area (Å²) in [6.07, 6.45) is 0.570.